The Morgan fingerprint density at radius 1 is 1.28 bits per heavy atom. The number of hydrogen-bond donors (Lipinski definition) is 0. The zero-order chi connectivity index (χ0) is 13.8. The van der Waals surface area contributed by atoms with E-state index in [1.807, 2.05) is 0 Å². The van der Waals surface area contributed by atoms with Gasteiger partial charge in [0.15, 0.2) is 5.78 Å². The highest BCUT2D eigenvalue weighted by molar-refractivity contribution is 9.09. The smallest absolute Gasteiger partial charge is 0.405 e. The maximum atomic E-state index is 12.1. The van der Waals surface area contributed by atoms with Crippen LogP contribution in [0.5, 0.6) is 5.75 Å². The summed E-state index contributed by atoms with van der Waals surface area (Å²) in [7, 11) is 0. The first kappa shape index (κ1) is 15.5. The molecule has 0 saturated carbocycles. The van der Waals surface area contributed by atoms with Crippen LogP contribution in [0.4, 0.5) is 13.2 Å². The molecular formula is C11H9Br2F3O2. The molecule has 0 aliphatic rings. The topological polar surface area (TPSA) is 26.3 Å². The molecule has 0 amide bonds. The molecule has 1 aromatic carbocycles. The van der Waals surface area contributed by atoms with Crippen LogP contribution in [0, 0.1) is 0 Å². The zero-order valence-corrected chi connectivity index (χ0v) is 12.2. The molecule has 0 N–H and O–H groups in total. The van der Waals surface area contributed by atoms with E-state index in [-0.39, 0.29) is 22.4 Å². The Kier molecular flexibility index (Phi) is 5.65. The average Bonchev–Trinajstić information content (AvgIpc) is 2.27. The number of ketones is 1. The summed E-state index contributed by atoms with van der Waals surface area (Å²) in [6.45, 7) is 0. The Labute approximate surface area is 119 Å². The van der Waals surface area contributed by atoms with Crippen LogP contribution in [-0.4, -0.2) is 17.5 Å². The molecule has 0 fully saturated rings. The van der Waals surface area contributed by atoms with Crippen molar-refractivity contribution in [3.63, 3.8) is 0 Å². The largest absolute Gasteiger partial charge is 0.573 e. The Hall–Kier alpha value is -0.560. The van der Waals surface area contributed by atoms with E-state index in [2.05, 4.69) is 36.6 Å². The molecule has 0 spiro atoms. The van der Waals surface area contributed by atoms with E-state index in [1.54, 1.807) is 0 Å². The van der Waals surface area contributed by atoms with Gasteiger partial charge in [-0.3, -0.25) is 4.79 Å². The minimum atomic E-state index is -4.74. The first-order valence-corrected chi connectivity index (χ1v) is 7.15. The van der Waals surface area contributed by atoms with Crippen LogP contribution >= 0.6 is 31.9 Å². The summed E-state index contributed by atoms with van der Waals surface area (Å²) < 4.78 is 40.2. The van der Waals surface area contributed by atoms with E-state index in [1.165, 1.54) is 12.1 Å². The number of hydrogen-bond acceptors (Lipinski definition) is 2. The van der Waals surface area contributed by atoms with Gasteiger partial charge in [0.05, 0.1) is 0 Å². The van der Waals surface area contributed by atoms with Crippen molar-refractivity contribution >= 4 is 37.6 Å². The molecule has 1 aromatic rings. The molecule has 1 rings (SSSR count). The minimum absolute atomic E-state index is 0.132. The van der Waals surface area contributed by atoms with Gasteiger partial charge in [0.1, 0.15) is 5.75 Å². The van der Waals surface area contributed by atoms with Crippen LogP contribution in [0.3, 0.4) is 0 Å². The summed E-state index contributed by atoms with van der Waals surface area (Å²) in [4.78, 5) is 11.6. The van der Waals surface area contributed by atoms with Gasteiger partial charge in [0.2, 0.25) is 0 Å². The number of Topliss-reactive ketones (excluding diaryl/α,β-unsaturated/α-hetero) is 1. The number of alkyl halides is 5. The van der Waals surface area contributed by atoms with Gasteiger partial charge in [-0.15, -0.1) is 13.2 Å². The molecule has 0 radical (unpaired) electrons. The van der Waals surface area contributed by atoms with Crippen molar-refractivity contribution < 1.29 is 22.7 Å². The zero-order valence-electron chi connectivity index (χ0n) is 9.06. The number of ether oxygens (including phenoxy) is 1. The van der Waals surface area contributed by atoms with Gasteiger partial charge in [-0.25, -0.2) is 0 Å². The molecule has 0 saturated heterocycles. The summed E-state index contributed by atoms with van der Waals surface area (Å²) in [5, 5.41) is 0.685. The van der Waals surface area contributed by atoms with Crippen LogP contribution in [0.2, 0.25) is 0 Å². The van der Waals surface area contributed by atoms with Crippen LogP contribution in [-0.2, 0) is 5.33 Å². The quantitative estimate of drug-likeness (QED) is 0.549. The fourth-order valence-corrected chi connectivity index (χ4v) is 2.11. The van der Waals surface area contributed by atoms with Gasteiger partial charge in [-0.05, 0) is 18.2 Å². The highest BCUT2D eigenvalue weighted by Crippen LogP contribution is 2.29. The fraction of sp³-hybridized carbons (Fsp3) is 0.364. The number of carbonyl (C=O) groups excluding carboxylic acids is 1. The van der Waals surface area contributed by atoms with Gasteiger partial charge in [-0.2, -0.15) is 0 Å². The van der Waals surface area contributed by atoms with Crippen molar-refractivity contribution in [2.24, 2.45) is 0 Å². The molecule has 0 aliphatic carbocycles. The predicted octanol–water partition coefficient (Wildman–Crippen LogP) is 4.45. The third-order valence-corrected chi connectivity index (χ3v) is 3.07. The van der Waals surface area contributed by atoms with Crippen LogP contribution in [0.1, 0.15) is 22.3 Å². The molecular weight excluding hydrogens is 381 g/mol. The van der Waals surface area contributed by atoms with Crippen molar-refractivity contribution in [1.29, 1.82) is 0 Å². The summed E-state index contributed by atoms with van der Waals surface area (Å²) in [5.41, 5.74) is 0.658. The maximum absolute atomic E-state index is 12.1. The Balaban J connectivity index is 3.00. The van der Waals surface area contributed by atoms with E-state index in [0.29, 0.717) is 17.3 Å². The second-order valence-electron chi connectivity index (χ2n) is 3.37. The van der Waals surface area contributed by atoms with Crippen molar-refractivity contribution in [2.45, 2.75) is 18.1 Å². The average molecular weight is 390 g/mol. The molecule has 0 bridgehead atoms. The van der Waals surface area contributed by atoms with Gasteiger partial charge < -0.3 is 4.74 Å². The lowest BCUT2D eigenvalue weighted by Crippen LogP contribution is -2.18. The van der Waals surface area contributed by atoms with Crippen molar-refractivity contribution in [3.05, 3.63) is 29.3 Å². The fourth-order valence-electron chi connectivity index (χ4n) is 1.31. The molecule has 0 atom stereocenters. The molecule has 0 unspecified atom stereocenters. The highest BCUT2D eigenvalue weighted by Gasteiger charge is 2.32. The standard InChI is InChI=1S/C11H9Br2F3O2/c12-4-3-9(17)7-1-2-10(8(5-7)6-13)18-11(14,15)16/h1-2,5H,3-4,6H2. The molecule has 18 heavy (non-hydrogen) atoms. The lowest BCUT2D eigenvalue weighted by molar-refractivity contribution is -0.274. The third kappa shape index (κ3) is 4.61. The lowest BCUT2D eigenvalue weighted by atomic mass is 10.1. The van der Waals surface area contributed by atoms with E-state index in [4.69, 9.17) is 0 Å². The monoisotopic (exact) mass is 388 g/mol. The highest BCUT2D eigenvalue weighted by atomic mass is 79.9. The predicted molar refractivity (Wildman–Crippen MR) is 68.5 cm³/mol. The Bertz CT molecular complexity index is 433. The molecule has 0 aromatic heterocycles. The number of carbonyl (C=O) groups is 1. The van der Waals surface area contributed by atoms with E-state index >= 15 is 0 Å². The van der Waals surface area contributed by atoms with E-state index in [9.17, 15) is 18.0 Å². The van der Waals surface area contributed by atoms with Crippen LogP contribution in [0.25, 0.3) is 0 Å². The summed E-state index contributed by atoms with van der Waals surface area (Å²) in [6, 6.07) is 3.89. The third-order valence-electron chi connectivity index (χ3n) is 2.07. The van der Waals surface area contributed by atoms with Crippen molar-refractivity contribution in [1.82, 2.24) is 0 Å². The molecule has 0 heterocycles. The number of halogens is 5. The number of rotatable bonds is 5. The van der Waals surface area contributed by atoms with Gasteiger partial charge in [-0.1, -0.05) is 31.9 Å². The minimum Gasteiger partial charge on any atom is -0.405 e. The molecule has 0 aliphatic heterocycles. The van der Waals surface area contributed by atoms with Crippen LogP contribution < -0.4 is 4.74 Å². The maximum Gasteiger partial charge on any atom is 0.573 e. The second kappa shape index (κ2) is 6.56. The lowest BCUT2D eigenvalue weighted by Gasteiger charge is -2.13. The SMILES string of the molecule is O=C(CCBr)c1ccc(OC(F)(F)F)c(CBr)c1. The Morgan fingerprint density at radius 3 is 2.44 bits per heavy atom. The van der Waals surface area contributed by atoms with Crippen molar-refractivity contribution in [2.75, 3.05) is 5.33 Å². The van der Waals surface area contributed by atoms with Gasteiger partial charge in [0, 0.05) is 28.2 Å². The summed E-state index contributed by atoms with van der Waals surface area (Å²) in [6.07, 6.45) is -4.44. The van der Waals surface area contributed by atoms with E-state index in [0.717, 1.165) is 6.07 Å². The van der Waals surface area contributed by atoms with Gasteiger partial charge in [0.25, 0.3) is 0 Å². The number of benzene rings is 1. The summed E-state index contributed by atoms with van der Waals surface area (Å²) >= 11 is 6.20. The van der Waals surface area contributed by atoms with Gasteiger partial charge >= 0.3 is 6.36 Å². The second-order valence-corrected chi connectivity index (χ2v) is 4.72. The molecule has 7 heteroatoms. The van der Waals surface area contributed by atoms with Crippen molar-refractivity contribution in [3.8, 4) is 5.75 Å². The molecule has 100 valence electrons. The summed E-state index contributed by atoms with van der Waals surface area (Å²) in [5.74, 6) is -0.428. The molecule has 2 nitrogen and oxygen atoms in total. The first-order valence-electron chi connectivity index (χ1n) is 4.91. The van der Waals surface area contributed by atoms with E-state index < -0.39 is 6.36 Å². The first-order chi connectivity index (χ1) is 8.37. The van der Waals surface area contributed by atoms with Crippen LogP contribution in [0.15, 0.2) is 18.2 Å². The normalized spacial score (nSPS) is 11.4. The Morgan fingerprint density at radius 2 is 1.94 bits per heavy atom.